The van der Waals surface area contributed by atoms with E-state index in [2.05, 4.69) is 29.1 Å². The van der Waals surface area contributed by atoms with Crippen molar-refractivity contribution in [3.8, 4) is 0 Å². The fourth-order valence-corrected chi connectivity index (χ4v) is 3.32. The summed E-state index contributed by atoms with van der Waals surface area (Å²) in [5.41, 5.74) is 7.22. The molecule has 4 heteroatoms. The molecule has 1 heterocycles. The van der Waals surface area contributed by atoms with Gasteiger partial charge in [-0.05, 0) is 55.0 Å². The van der Waals surface area contributed by atoms with Crippen molar-refractivity contribution in [3.05, 3.63) is 22.4 Å². The molecule has 1 fully saturated rings. The quantitative estimate of drug-likeness (QED) is 0.878. The van der Waals surface area contributed by atoms with E-state index >= 15 is 0 Å². The maximum Gasteiger partial charge on any atom is 0.223 e. The molecule has 0 aromatic carbocycles. The van der Waals surface area contributed by atoms with Crippen molar-refractivity contribution in [1.29, 1.82) is 0 Å². The predicted octanol–water partition coefficient (Wildman–Crippen LogP) is 2.31. The Labute approximate surface area is 113 Å². The number of thiophene rings is 1. The van der Waals surface area contributed by atoms with Crippen molar-refractivity contribution >= 4 is 17.2 Å². The minimum atomic E-state index is 0.124. The predicted molar refractivity (Wildman–Crippen MR) is 75.6 cm³/mol. The molecule has 0 aliphatic heterocycles. The number of hydrogen-bond donors (Lipinski definition) is 2. The lowest BCUT2D eigenvalue weighted by atomic mass is 9.85. The summed E-state index contributed by atoms with van der Waals surface area (Å²) < 4.78 is 0. The van der Waals surface area contributed by atoms with Gasteiger partial charge < -0.3 is 11.1 Å². The molecule has 3 unspecified atom stereocenters. The highest BCUT2D eigenvalue weighted by Gasteiger charge is 2.25. The van der Waals surface area contributed by atoms with Crippen molar-refractivity contribution in [2.45, 2.75) is 51.1 Å². The number of rotatable bonds is 4. The fourth-order valence-electron chi connectivity index (χ4n) is 2.64. The molecule has 100 valence electrons. The molecule has 1 aliphatic carbocycles. The topological polar surface area (TPSA) is 55.1 Å². The van der Waals surface area contributed by atoms with Crippen LogP contribution in [0, 0.1) is 5.92 Å². The van der Waals surface area contributed by atoms with Gasteiger partial charge in [0.1, 0.15) is 0 Å². The maximum atomic E-state index is 12.1. The average molecular weight is 266 g/mol. The first-order chi connectivity index (χ1) is 8.65. The van der Waals surface area contributed by atoms with Crippen molar-refractivity contribution in [2.75, 3.05) is 0 Å². The SMILES string of the molecule is CC(Cc1ccsc1)NC(=O)C1CCCC(N)C1. The van der Waals surface area contributed by atoms with Crippen LogP contribution < -0.4 is 11.1 Å². The molecule has 0 bridgehead atoms. The van der Waals surface area contributed by atoms with E-state index in [1.807, 2.05) is 0 Å². The van der Waals surface area contributed by atoms with E-state index in [0.717, 1.165) is 32.1 Å². The van der Waals surface area contributed by atoms with E-state index in [-0.39, 0.29) is 23.9 Å². The Balaban J connectivity index is 1.79. The second-order valence-corrected chi connectivity index (χ2v) is 6.15. The molecule has 2 rings (SSSR count). The fraction of sp³-hybridized carbons (Fsp3) is 0.643. The van der Waals surface area contributed by atoms with Gasteiger partial charge in [-0.1, -0.05) is 6.42 Å². The summed E-state index contributed by atoms with van der Waals surface area (Å²) in [6, 6.07) is 2.52. The normalized spacial score (nSPS) is 25.7. The monoisotopic (exact) mass is 266 g/mol. The van der Waals surface area contributed by atoms with Crippen LogP contribution in [0.5, 0.6) is 0 Å². The van der Waals surface area contributed by atoms with Gasteiger partial charge in [0.2, 0.25) is 5.91 Å². The third kappa shape index (κ3) is 3.82. The standard InChI is InChI=1S/C14H22N2OS/c1-10(7-11-5-6-18-9-11)16-14(17)12-3-2-4-13(15)8-12/h5-6,9-10,12-13H,2-4,7-8,15H2,1H3,(H,16,17). The Morgan fingerprint density at radius 2 is 2.44 bits per heavy atom. The lowest BCUT2D eigenvalue weighted by Gasteiger charge is -2.27. The highest BCUT2D eigenvalue weighted by atomic mass is 32.1. The van der Waals surface area contributed by atoms with Gasteiger partial charge in [0.25, 0.3) is 0 Å². The number of amides is 1. The summed E-state index contributed by atoms with van der Waals surface area (Å²) in [6.07, 6.45) is 4.89. The van der Waals surface area contributed by atoms with Crippen molar-refractivity contribution in [2.24, 2.45) is 11.7 Å². The Morgan fingerprint density at radius 3 is 3.11 bits per heavy atom. The molecular formula is C14H22N2OS. The van der Waals surface area contributed by atoms with Crippen LogP contribution in [0.2, 0.25) is 0 Å². The molecular weight excluding hydrogens is 244 g/mol. The van der Waals surface area contributed by atoms with Crippen molar-refractivity contribution in [1.82, 2.24) is 5.32 Å². The largest absolute Gasteiger partial charge is 0.353 e. The average Bonchev–Trinajstić information content (AvgIpc) is 2.81. The van der Waals surface area contributed by atoms with Gasteiger partial charge in [0.05, 0.1) is 0 Å². The summed E-state index contributed by atoms with van der Waals surface area (Å²) in [7, 11) is 0. The van der Waals surface area contributed by atoms with Crippen LogP contribution in [0.3, 0.4) is 0 Å². The molecule has 1 aliphatic rings. The minimum absolute atomic E-state index is 0.124. The lowest BCUT2D eigenvalue weighted by Crippen LogP contribution is -2.42. The third-order valence-electron chi connectivity index (χ3n) is 3.60. The lowest BCUT2D eigenvalue weighted by molar-refractivity contribution is -0.126. The molecule has 1 aromatic heterocycles. The molecule has 1 aromatic rings. The van der Waals surface area contributed by atoms with Crippen LogP contribution in [-0.2, 0) is 11.2 Å². The molecule has 1 saturated carbocycles. The van der Waals surface area contributed by atoms with Gasteiger partial charge in [-0.25, -0.2) is 0 Å². The van der Waals surface area contributed by atoms with E-state index < -0.39 is 0 Å². The van der Waals surface area contributed by atoms with Crippen LogP contribution in [0.25, 0.3) is 0 Å². The van der Waals surface area contributed by atoms with Crippen molar-refractivity contribution in [3.63, 3.8) is 0 Å². The van der Waals surface area contributed by atoms with E-state index in [9.17, 15) is 4.79 Å². The Kier molecular flexibility index (Phi) is 4.78. The number of carbonyl (C=O) groups is 1. The highest BCUT2D eigenvalue weighted by molar-refractivity contribution is 7.07. The molecule has 18 heavy (non-hydrogen) atoms. The Hall–Kier alpha value is -0.870. The van der Waals surface area contributed by atoms with E-state index in [4.69, 9.17) is 5.73 Å². The molecule has 0 radical (unpaired) electrons. The summed E-state index contributed by atoms with van der Waals surface area (Å²) in [5, 5.41) is 7.33. The van der Waals surface area contributed by atoms with Gasteiger partial charge in [-0.2, -0.15) is 11.3 Å². The molecule has 3 atom stereocenters. The van der Waals surface area contributed by atoms with Gasteiger partial charge >= 0.3 is 0 Å². The zero-order chi connectivity index (χ0) is 13.0. The first-order valence-electron chi connectivity index (χ1n) is 6.72. The van der Waals surface area contributed by atoms with Crippen LogP contribution in [0.1, 0.15) is 38.2 Å². The maximum absolute atomic E-state index is 12.1. The number of hydrogen-bond acceptors (Lipinski definition) is 3. The van der Waals surface area contributed by atoms with E-state index in [1.165, 1.54) is 5.56 Å². The van der Waals surface area contributed by atoms with Crippen LogP contribution in [0.4, 0.5) is 0 Å². The summed E-state index contributed by atoms with van der Waals surface area (Å²) in [6.45, 7) is 2.07. The van der Waals surface area contributed by atoms with Gasteiger partial charge in [-0.3, -0.25) is 4.79 Å². The molecule has 0 saturated heterocycles. The third-order valence-corrected chi connectivity index (χ3v) is 4.33. The van der Waals surface area contributed by atoms with Gasteiger partial charge in [0.15, 0.2) is 0 Å². The Bertz CT molecular complexity index is 377. The summed E-state index contributed by atoms with van der Waals surface area (Å²) in [5.74, 6) is 0.312. The minimum Gasteiger partial charge on any atom is -0.353 e. The summed E-state index contributed by atoms with van der Waals surface area (Å²) in [4.78, 5) is 12.1. The zero-order valence-electron chi connectivity index (χ0n) is 10.9. The van der Waals surface area contributed by atoms with Gasteiger partial charge in [0, 0.05) is 18.0 Å². The van der Waals surface area contributed by atoms with Crippen LogP contribution in [0.15, 0.2) is 16.8 Å². The molecule has 3 N–H and O–H groups in total. The second kappa shape index (κ2) is 6.34. The highest BCUT2D eigenvalue weighted by Crippen LogP contribution is 2.23. The van der Waals surface area contributed by atoms with E-state index in [1.54, 1.807) is 11.3 Å². The zero-order valence-corrected chi connectivity index (χ0v) is 11.7. The van der Waals surface area contributed by atoms with Crippen molar-refractivity contribution < 1.29 is 4.79 Å². The number of nitrogens with two attached hydrogens (primary N) is 1. The number of carbonyl (C=O) groups excluding carboxylic acids is 1. The molecule has 3 nitrogen and oxygen atoms in total. The summed E-state index contributed by atoms with van der Waals surface area (Å²) >= 11 is 1.70. The number of nitrogens with one attached hydrogen (secondary N) is 1. The smallest absolute Gasteiger partial charge is 0.223 e. The molecule has 1 amide bonds. The van der Waals surface area contributed by atoms with E-state index in [0.29, 0.717) is 0 Å². The van der Waals surface area contributed by atoms with Crippen LogP contribution in [-0.4, -0.2) is 18.0 Å². The first kappa shape index (κ1) is 13.6. The van der Waals surface area contributed by atoms with Gasteiger partial charge in [-0.15, -0.1) is 0 Å². The second-order valence-electron chi connectivity index (χ2n) is 5.37. The van der Waals surface area contributed by atoms with Crippen LogP contribution >= 0.6 is 11.3 Å². The first-order valence-corrected chi connectivity index (χ1v) is 7.66. The Morgan fingerprint density at radius 1 is 1.61 bits per heavy atom. The molecule has 0 spiro atoms.